The van der Waals surface area contributed by atoms with Crippen LogP contribution < -0.4 is 4.74 Å². The maximum Gasteiger partial charge on any atom is 0.344 e. The SMILES string of the molecule is CCOC(=O)COc1cc(Cl)c2c(n1)CCC2. The lowest BCUT2D eigenvalue weighted by Gasteiger charge is -2.08. The average Bonchev–Trinajstić information content (AvgIpc) is 2.75. The number of esters is 1. The molecule has 2 rings (SSSR count). The summed E-state index contributed by atoms with van der Waals surface area (Å²) in [6.07, 6.45) is 2.97. The van der Waals surface area contributed by atoms with Crippen LogP contribution in [0.15, 0.2) is 6.07 Å². The van der Waals surface area contributed by atoms with Gasteiger partial charge in [0.05, 0.1) is 11.6 Å². The van der Waals surface area contributed by atoms with Crippen molar-refractivity contribution in [2.45, 2.75) is 26.2 Å². The van der Waals surface area contributed by atoms with Crippen molar-refractivity contribution in [3.63, 3.8) is 0 Å². The van der Waals surface area contributed by atoms with Gasteiger partial charge in [0.25, 0.3) is 0 Å². The Labute approximate surface area is 105 Å². The Bertz CT molecular complexity index is 434. The summed E-state index contributed by atoms with van der Waals surface area (Å²) in [6, 6.07) is 1.66. The second-order valence-corrected chi connectivity index (χ2v) is 4.22. The second kappa shape index (κ2) is 5.36. The zero-order chi connectivity index (χ0) is 12.3. The lowest BCUT2D eigenvalue weighted by atomic mass is 10.2. The lowest BCUT2D eigenvalue weighted by Crippen LogP contribution is -2.15. The number of nitrogens with zero attached hydrogens (tertiary/aromatic N) is 1. The molecule has 1 aromatic heterocycles. The molecule has 92 valence electrons. The monoisotopic (exact) mass is 255 g/mol. The van der Waals surface area contributed by atoms with Crippen LogP contribution in [0, 0.1) is 0 Å². The molecule has 0 radical (unpaired) electrons. The molecule has 0 unspecified atom stereocenters. The Balaban J connectivity index is 2.02. The second-order valence-electron chi connectivity index (χ2n) is 3.81. The Morgan fingerprint density at radius 1 is 1.53 bits per heavy atom. The van der Waals surface area contributed by atoms with Gasteiger partial charge in [-0.3, -0.25) is 0 Å². The topological polar surface area (TPSA) is 48.4 Å². The molecule has 17 heavy (non-hydrogen) atoms. The first-order chi connectivity index (χ1) is 8.20. The minimum Gasteiger partial charge on any atom is -0.466 e. The van der Waals surface area contributed by atoms with E-state index < -0.39 is 5.97 Å². The summed E-state index contributed by atoms with van der Waals surface area (Å²) in [4.78, 5) is 15.5. The van der Waals surface area contributed by atoms with Crippen molar-refractivity contribution in [2.24, 2.45) is 0 Å². The van der Waals surface area contributed by atoms with E-state index >= 15 is 0 Å². The molecule has 0 amide bonds. The van der Waals surface area contributed by atoms with Crippen LogP contribution in [-0.2, 0) is 22.4 Å². The molecule has 0 aromatic carbocycles. The van der Waals surface area contributed by atoms with Gasteiger partial charge in [-0.25, -0.2) is 9.78 Å². The van der Waals surface area contributed by atoms with Gasteiger partial charge in [0.1, 0.15) is 0 Å². The third kappa shape index (κ3) is 2.88. The highest BCUT2D eigenvalue weighted by Crippen LogP contribution is 2.30. The normalized spacial score (nSPS) is 13.3. The number of hydrogen-bond donors (Lipinski definition) is 0. The summed E-state index contributed by atoms with van der Waals surface area (Å²) >= 11 is 6.12. The molecule has 0 N–H and O–H groups in total. The zero-order valence-corrected chi connectivity index (χ0v) is 10.4. The smallest absolute Gasteiger partial charge is 0.344 e. The van der Waals surface area contributed by atoms with E-state index in [2.05, 4.69) is 4.98 Å². The van der Waals surface area contributed by atoms with Gasteiger partial charge in [0.2, 0.25) is 5.88 Å². The summed E-state index contributed by atoms with van der Waals surface area (Å²) < 4.78 is 10.0. The van der Waals surface area contributed by atoms with Crippen molar-refractivity contribution in [3.05, 3.63) is 22.3 Å². The number of carbonyl (C=O) groups excluding carboxylic acids is 1. The van der Waals surface area contributed by atoms with E-state index in [-0.39, 0.29) is 6.61 Å². The predicted octanol–water partition coefficient (Wildman–Crippen LogP) is 2.17. The largest absolute Gasteiger partial charge is 0.466 e. The maximum absolute atomic E-state index is 11.1. The van der Waals surface area contributed by atoms with Crippen LogP contribution in [0.5, 0.6) is 5.88 Å². The highest BCUT2D eigenvalue weighted by atomic mass is 35.5. The van der Waals surface area contributed by atoms with Crippen LogP contribution in [0.4, 0.5) is 0 Å². The van der Waals surface area contributed by atoms with Gasteiger partial charge in [-0.15, -0.1) is 0 Å². The number of aryl methyl sites for hydroxylation is 1. The quantitative estimate of drug-likeness (QED) is 0.774. The summed E-state index contributed by atoms with van der Waals surface area (Å²) in [7, 11) is 0. The molecule has 0 atom stereocenters. The molecule has 1 aliphatic carbocycles. The third-order valence-electron chi connectivity index (χ3n) is 2.62. The summed E-state index contributed by atoms with van der Waals surface area (Å²) in [6.45, 7) is 1.97. The Morgan fingerprint density at radius 2 is 2.35 bits per heavy atom. The Hall–Kier alpha value is -1.29. The van der Waals surface area contributed by atoms with E-state index in [4.69, 9.17) is 21.1 Å². The van der Waals surface area contributed by atoms with E-state index in [0.29, 0.717) is 17.5 Å². The lowest BCUT2D eigenvalue weighted by molar-refractivity contribution is -0.145. The molecular formula is C12H14ClNO3. The fraction of sp³-hybridized carbons (Fsp3) is 0.500. The maximum atomic E-state index is 11.1. The van der Waals surface area contributed by atoms with Gasteiger partial charge < -0.3 is 9.47 Å². The van der Waals surface area contributed by atoms with E-state index in [1.807, 2.05) is 0 Å². The summed E-state index contributed by atoms with van der Waals surface area (Å²) in [5, 5.41) is 0.673. The number of fused-ring (bicyclic) bond motifs is 1. The van der Waals surface area contributed by atoms with Gasteiger partial charge in [-0.1, -0.05) is 11.6 Å². The van der Waals surface area contributed by atoms with Crippen LogP contribution in [0.25, 0.3) is 0 Å². The fourth-order valence-corrected chi connectivity index (χ4v) is 2.18. The Morgan fingerprint density at radius 3 is 3.12 bits per heavy atom. The third-order valence-corrected chi connectivity index (χ3v) is 2.95. The number of aromatic nitrogens is 1. The van der Waals surface area contributed by atoms with Crippen LogP contribution in [0.2, 0.25) is 5.02 Å². The first kappa shape index (κ1) is 12.2. The molecule has 4 nitrogen and oxygen atoms in total. The molecule has 0 bridgehead atoms. The van der Waals surface area contributed by atoms with E-state index in [0.717, 1.165) is 30.5 Å². The minimum absolute atomic E-state index is 0.129. The van der Waals surface area contributed by atoms with Crippen LogP contribution in [0.3, 0.4) is 0 Å². The van der Waals surface area contributed by atoms with Crippen molar-refractivity contribution in [1.29, 1.82) is 0 Å². The molecule has 1 aromatic rings. The molecule has 1 aliphatic rings. The van der Waals surface area contributed by atoms with Gasteiger partial charge in [0.15, 0.2) is 6.61 Å². The van der Waals surface area contributed by atoms with E-state index in [1.165, 1.54) is 0 Å². The number of rotatable bonds is 4. The van der Waals surface area contributed by atoms with Gasteiger partial charge in [-0.2, -0.15) is 0 Å². The van der Waals surface area contributed by atoms with Crippen LogP contribution >= 0.6 is 11.6 Å². The van der Waals surface area contributed by atoms with Gasteiger partial charge >= 0.3 is 5.97 Å². The number of hydrogen-bond acceptors (Lipinski definition) is 4. The van der Waals surface area contributed by atoms with Crippen molar-refractivity contribution in [3.8, 4) is 5.88 Å². The standard InChI is InChI=1S/C12H14ClNO3/c1-2-16-12(15)7-17-11-6-9(13)8-4-3-5-10(8)14-11/h6H,2-5,7H2,1H3. The highest BCUT2D eigenvalue weighted by molar-refractivity contribution is 6.31. The molecule has 0 spiro atoms. The summed E-state index contributed by atoms with van der Waals surface area (Å²) in [5.41, 5.74) is 2.09. The van der Waals surface area contributed by atoms with E-state index in [9.17, 15) is 4.79 Å². The van der Waals surface area contributed by atoms with Crippen molar-refractivity contribution < 1.29 is 14.3 Å². The molecule has 1 heterocycles. The van der Waals surface area contributed by atoms with Gasteiger partial charge in [0, 0.05) is 11.8 Å². The molecular weight excluding hydrogens is 242 g/mol. The molecule has 0 saturated heterocycles. The number of pyridine rings is 1. The van der Waals surface area contributed by atoms with Crippen molar-refractivity contribution in [2.75, 3.05) is 13.2 Å². The first-order valence-electron chi connectivity index (χ1n) is 5.67. The van der Waals surface area contributed by atoms with Gasteiger partial charge in [-0.05, 0) is 31.7 Å². The average molecular weight is 256 g/mol. The van der Waals surface area contributed by atoms with E-state index in [1.54, 1.807) is 13.0 Å². The van der Waals surface area contributed by atoms with Crippen molar-refractivity contribution >= 4 is 17.6 Å². The van der Waals surface area contributed by atoms with Crippen LogP contribution in [0.1, 0.15) is 24.6 Å². The molecule has 5 heteroatoms. The number of halogens is 1. The molecule has 0 saturated carbocycles. The predicted molar refractivity (Wildman–Crippen MR) is 63.4 cm³/mol. The van der Waals surface area contributed by atoms with Crippen molar-refractivity contribution in [1.82, 2.24) is 4.98 Å². The number of ether oxygens (including phenoxy) is 2. The number of carbonyl (C=O) groups is 1. The Kier molecular flexibility index (Phi) is 3.84. The molecule has 0 aliphatic heterocycles. The zero-order valence-electron chi connectivity index (χ0n) is 9.66. The molecule has 0 fully saturated rings. The van der Waals surface area contributed by atoms with Crippen LogP contribution in [-0.4, -0.2) is 24.2 Å². The fourth-order valence-electron chi connectivity index (χ4n) is 1.88. The first-order valence-corrected chi connectivity index (χ1v) is 6.05. The minimum atomic E-state index is -0.397. The summed E-state index contributed by atoms with van der Waals surface area (Å²) in [5.74, 6) is -0.00498. The highest BCUT2D eigenvalue weighted by Gasteiger charge is 2.17.